The number of esters is 3. The Labute approximate surface area is 228 Å². The molecule has 2 atom stereocenters. The van der Waals surface area contributed by atoms with Gasteiger partial charge < -0.3 is 18.9 Å². The van der Waals surface area contributed by atoms with Crippen LogP contribution in [0.15, 0.2) is 83.6 Å². The summed E-state index contributed by atoms with van der Waals surface area (Å²) in [4.78, 5) is 34.5. The van der Waals surface area contributed by atoms with E-state index >= 15 is 0 Å². The molecule has 38 heavy (non-hydrogen) atoms. The zero-order valence-electron chi connectivity index (χ0n) is 23.9. The van der Waals surface area contributed by atoms with E-state index in [1.165, 1.54) is 27.4 Å². The number of carbonyl (C=O) groups excluding carboxylic acids is 3. The van der Waals surface area contributed by atoms with Crippen molar-refractivity contribution in [3.8, 4) is 0 Å². The molecule has 0 aromatic rings. The van der Waals surface area contributed by atoms with Gasteiger partial charge in [0.1, 0.15) is 0 Å². The quantitative estimate of drug-likeness (QED) is 0.0559. The molecular weight excluding hydrogens is 484 g/mol. The molecule has 210 valence electrons. The molecule has 0 heterocycles. The van der Waals surface area contributed by atoms with Crippen LogP contribution in [0.1, 0.15) is 52.9 Å². The minimum Gasteiger partial charge on any atom is -0.469 e. The van der Waals surface area contributed by atoms with Gasteiger partial charge in [0.25, 0.3) is 0 Å². The first kappa shape index (κ1) is 34.6. The first-order chi connectivity index (χ1) is 18.2. The molecule has 0 aromatic carbocycles. The van der Waals surface area contributed by atoms with Crippen LogP contribution in [0.25, 0.3) is 0 Å². The molecule has 0 radical (unpaired) electrons. The molecule has 0 aliphatic heterocycles. The predicted molar refractivity (Wildman–Crippen MR) is 151 cm³/mol. The van der Waals surface area contributed by atoms with Crippen LogP contribution in [-0.2, 0) is 33.3 Å². The summed E-state index contributed by atoms with van der Waals surface area (Å²) >= 11 is 0. The minimum absolute atomic E-state index is 0.0158. The van der Waals surface area contributed by atoms with Gasteiger partial charge in [-0.2, -0.15) is 0 Å². The Hall–Kier alpha value is -3.45. The summed E-state index contributed by atoms with van der Waals surface area (Å²) in [6.45, 7) is 5.76. The van der Waals surface area contributed by atoms with E-state index in [1.54, 1.807) is 26.2 Å². The fourth-order valence-electron chi connectivity index (χ4n) is 3.11. The molecule has 0 aliphatic rings. The van der Waals surface area contributed by atoms with Gasteiger partial charge in [0.2, 0.25) is 0 Å². The molecule has 0 N–H and O–H groups in total. The Morgan fingerprint density at radius 1 is 0.789 bits per heavy atom. The van der Waals surface area contributed by atoms with Crippen molar-refractivity contribution in [2.24, 2.45) is 5.92 Å². The molecule has 0 fully saturated rings. The zero-order valence-corrected chi connectivity index (χ0v) is 23.9. The normalized spacial score (nSPS) is 15.0. The summed E-state index contributed by atoms with van der Waals surface area (Å²) in [7, 11) is 5.65. The van der Waals surface area contributed by atoms with E-state index in [9.17, 15) is 14.4 Å². The van der Waals surface area contributed by atoms with Crippen LogP contribution in [-0.4, -0.2) is 52.5 Å². The predicted octanol–water partition coefficient (Wildman–Crippen LogP) is 6.15. The van der Waals surface area contributed by atoms with Gasteiger partial charge in [-0.3, -0.25) is 4.79 Å². The number of hydrogen-bond donors (Lipinski definition) is 0. The van der Waals surface area contributed by atoms with E-state index in [2.05, 4.69) is 40.7 Å². The van der Waals surface area contributed by atoms with Crippen molar-refractivity contribution in [2.45, 2.75) is 59.0 Å². The minimum atomic E-state index is -0.505. The van der Waals surface area contributed by atoms with Gasteiger partial charge >= 0.3 is 17.9 Å². The van der Waals surface area contributed by atoms with Crippen LogP contribution >= 0.6 is 0 Å². The third-order valence-corrected chi connectivity index (χ3v) is 5.52. The number of rotatable bonds is 17. The summed E-state index contributed by atoms with van der Waals surface area (Å²) in [6, 6.07) is 0. The standard InChI is InChI=1S/C31H44O7/c1-24(18-21-27(22-29(32)36-5)23-30(33)37-6)16-14-12-10-8-9-11-13-15-17-28(35-4)25(2)19-20-26(3)31(34)38-7/h9,11-15,18-22,24,28H,8,10,16-17,23H2,1-7H3/b11-9+,14-12+,15-13+,21-18+,25-19+,26-20+,27-22+/t24-,28+/m0/s1. The second-order valence-corrected chi connectivity index (χ2v) is 8.68. The van der Waals surface area contributed by atoms with Crippen molar-refractivity contribution in [1.29, 1.82) is 0 Å². The van der Waals surface area contributed by atoms with Gasteiger partial charge in [-0.15, -0.1) is 0 Å². The number of unbranched alkanes of at least 4 members (excludes halogenated alkanes) is 1. The van der Waals surface area contributed by atoms with E-state index in [0.717, 1.165) is 31.3 Å². The Kier molecular flexibility index (Phi) is 19.7. The highest BCUT2D eigenvalue weighted by molar-refractivity contribution is 5.88. The monoisotopic (exact) mass is 528 g/mol. The van der Waals surface area contributed by atoms with Crippen molar-refractivity contribution in [1.82, 2.24) is 0 Å². The van der Waals surface area contributed by atoms with Crippen molar-refractivity contribution in [3.63, 3.8) is 0 Å². The lowest BCUT2D eigenvalue weighted by molar-refractivity contribution is -0.139. The van der Waals surface area contributed by atoms with Gasteiger partial charge in [-0.1, -0.05) is 67.7 Å². The highest BCUT2D eigenvalue weighted by Crippen LogP contribution is 2.13. The first-order valence-corrected chi connectivity index (χ1v) is 12.6. The number of allylic oxidation sites excluding steroid dienone is 9. The summed E-state index contributed by atoms with van der Waals surface area (Å²) < 4.78 is 19.6. The molecule has 7 heteroatoms. The zero-order chi connectivity index (χ0) is 28.8. The third-order valence-electron chi connectivity index (χ3n) is 5.52. The SMILES string of the molecule is COC(=O)/C=C(\C=C\[C@@H](C)C/C=C/CC/C=C/C=C/C[C@@H](OC)/C(C)=C/C=C(\C)C(=O)OC)CC(=O)OC. The third kappa shape index (κ3) is 17.1. The summed E-state index contributed by atoms with van der Waals surface area (Å²) in [5.41, 5.74) is 2.11. The van der Waals surface area contributed by atoms with E-state index in [4.69, 9.17) is 9.47 Å². The van der Waals surface area contributed by atoms with Crippen LogP contribution in [0.3, 0.4) is 0 Å². The van der Waals surface area contributed by atoms with Gasteiger partial charge in [0, 0.05) is 18.8 Å². The highest BCUT2D eigenvalue weighted by Gasteiger charge is 2.08. The number of carbonyl (C=O) groups is 3. The average molecular weight is 529 g/mol. The Balaban J connectivity index is 4.52. The van der Waals surface area contributed by atoms with Crippen molar-refractivity contribution in [2.75, 3.05) is 28.4 Å². The van der Waals surface area contributed by atoms with Crippen molar-refractivity contribution >= 4 is 17.9 Å². The van der Waals surface area contributed by atoms with Crippen molar-refractivity contribution in [3.05, 3.63) is 83.6 Å². The number of hydrogen-bond acceptors (Lipinski definition) is 7. The molecular formula is C31H44O7. The number of methoxy groups -OCH3 is 4. The number of ether oxygens (including phenoxy) is 4. The molecule has 0 rings (SSSR count). The van der Waals surface area contributed by atoms with Gasteiger partial charge in [0.05, 0.1) is 33.9 Å². The molecule has 0 aromatic heterocycles. The second kappa shape index (κ2) is 21.6. The maximum atomic E-state index is 11.5. The average Bonchev–Trinajstić information content (AvgIpc) is 2.92. The largest absolute Gasteiger partial charge is 0.469 e. The molecule has 0 aliphatic carbocycles. The van der Waals surface area contributed by atoms with Crippen LogP contribution in [0.5, 0.6) is 0 Å². The summed E-state index contributed by atoms with van der Waals surface area (Å²) in [6.07, 6.45) is 24.6. The van der Waals surface area contributed by atoms with Gasteiger partial charge in [-0.25, -0.2) is 9.59 Å². The van der Waals surface area contributed by atoms with Crippen LogP contribution in [0, 0.1) is 5.92 Å². The van der Waals surface area contributed by atoms with Gasteiger partial charge in [-0.05, 0) is 56.6 Å². The first-order valence-electron chi connectivity index (χ1n) is 12.6. The topological polar surface area (TPSA) is 88.1 Å². The van der Waals surface area contributed by atoms with Gasteiger partial charge in [0.15, 0.2) is 0 Å². The molecule has 0 saturated carbocycles. The van der Waals surface area contributed by atoms with Crippen molar-refractivity contribution < 1.29 is 33.3 Å². The smallest absolute Gasteiger partial charge is 0.333 e. The molecule has 7 nitrogen and oxygen atoms in total. The fraction of sp³-hybridized carbons (Fsp3) is 0.452. The highest BCUT2D eigenvalue weighted by atomic mass is 16.5. The Morgan fingerprint density at radius 3 is 2.11 bits per heavy atom. The summed E-state index contributed by atoms with van der Waals surface area (Å²) in [5, 5.41) is 0. The summed E-state index contributed by atoms with van der Waals surface area (Å²) in [5.74, 6) is -1.01. The van der Waals surface area contributed by atoms with Crippen LogP contribution in [0.2, 0.25) is 0 Å². The van der Waals surface area contributed by atoms with E-state index < -0.39 is 11.9 Å². The fourth-order valence-corrected chi connectivity index (χ4v) is 3.11. The van der Waals surface area contributed by atoms with E-state index in [-0.39, 0.29) is 24.4 Å². The molecule has 0 unspecified atom stereocenters. The lowest BCUT2D eigenvalue weighted by Crippen LogP contribution is -2.10. The second-order valence-electron chi connectivity index (χ2n) is 8.68. The maximum Gasteiger partial charge on any atom is 0.333 e. The lowest BCUT2D eigenvalue weighted by Gasteiger charge is -2.13. The molecule has 0 spiro atoms. The molecule has 0 saturated heterocycles. The maximum absolute atomic E-state index is 11.5. The van der Waals surface area contributed by atoms with E-state index in [0.29, 0.717) is 11.1 Å². The van der Waals surface area contributed by atoms with E-state index in [1.807, 2.05) is 31.2 Å². The molecule has 0 amide bonds. The Morgan fingerprint density at radius 2 is 1.47 bits per heavy atom. The Bertz CT molecular complexity index is 945. The molecule has 0 bridgehead atoms. The van der Waals surface area contributed by atoms with Crippen LogP contribution in [0.4, 0.5) is 0 Å². The van der Waals surface area contributed by atoms with Crippen LogP contribution < -0.4 is 0 Å². The lowest BCUT2D eigenvalue weighted by atomic mass is 10.0.